The van der Waals surface area contributed by atoms with E-state index in [1.165, 1.54) is 199 Å². The highest BCUT2D eigenvalue weighted by Gasteiger charge is 1.96. The summed E-state index contributed by atoms with van der Waals surface area (Å²) in [7, 11) is 0. The Morgan fingerprint density at radius 2 is 0.514 bits per heavy atom. The van der Waals surface area contributed by atoms with Crippen molar-refractivity contribution in [2.24, 2.45) is 0 Å². The van der Waals surface area contributed by atoms with Gasteiger partial charge in [0.1, 0.15) is 0 Å². The molecule has 0 saturated carbocycles. The number of allylic oxidation sites excluding steroid dienone is 2. The quantitative estimate of drug-likeness (QED) is 0.0673. The zero-order valence-corrected chi connectivity index (χ0v) is 25.9. The molecule has 222 valence electrons. The molecular weight excluding hydrogens is 448 g/mol. The molecule has 0 bridgehead atoms. The van der Waals surface area contributed by atoms with Crippen molar-refractivity contribution >= 4 is 0 Å². The van der Waals surface area contributed by atoms with Crippen molar-refractivity contribution in [1.29, 1.82) is 0 Å². The normalized spacial score (nSPS) is 11.7. The maximum absolute atomic E-state index is 8.77. The highest BCUT2D eigenvalue weighted by Crippen LogP contribution is 2.16. The lowest BCUT2D eigenvalue weighted by Gasteiger charge is -2.04. The molecule has 0 radical (unpaired) electrons. The Balaban J connectivity index is 3.05. The third kappa shape index (κ3) is 35.7. The SMILES string of the molecule is CCCCCCCCCCCCCCCCCCCCCCCCCCC=CCCCCCCCCO. The molecule has 0 aliphatic heterocycles. The van der Waals surface area contributed by atoms with Crippen molar-refractivity contribution in [1.82, 2.24) is 0 Å². The van der Waals surface area contributed by atoms with Crippen molar-refractivity contribution in [3.05, 3.63) is 12.2 Å². The molecule has 0 aliphatic carbocycles. The predicted octanol–water partition coefficient (Wildman–Crippen LogP) is 13.0. The van der Waals surface area contributed by atoms with Crippen LogP contribution in [0, 0.1) is 0 Å². The third-order valence-electron chi connectivity index (χ3n) is 8.17. The van der Waals surface area contributed by atoms with E-state index in [-0.39, 0.29) is 0 Å². The molecule has 0 aliphatic rings. The summed E-state index contributed by atoms with van der Waals surface area (Å²) in [5.41, 5.74) is 0. The van der Waals surface area contributed by atoms with E-state index in [0.29, 0.717) is 6.61 Å². The average molecular weight is 521 g/mol. The fraction of sp³-hybridized carbons (Fsp3) is 0.944. The van der Waals surface area contributed by atoms with E-state index in [9.17, 15) is 0 Å². The fourth-order valence-electron chi connectivity index (χ4n) is 5.54. The number of hydrogen-bond donors (Lipinski definition) is 1. The first-order valence-electron chi connectivity index (χ1n) is 17.7. The van der Waals surface area contributed by atoms with Crippen molar-refractivity contribution < 1.29 is 5.11 Å². The van der Waals surface area contributed by atoms with Gasteiger partial charge in [0.15, 0.2) is 0 Å². The van der Waals surface area contributed by atoms with Crippen LogP contribution in [0.3, 0.4) is 0 Å². The van der Waals surface area contributed by atoms with Gasteiger partial charge in [-0.15, -0.1) is 0 Å². The van der Waals surface area contributed by atoms with Crippen LogP contribution in [-0.4, -0.2) is 11.7 Å². The maximum Gasteiger partial charge on any atom is 0.0431 e. The zero-order chi connectivity index (χ0) is 26.7. The van der Waals surface area contributed by atoms with Crippen molar-refractivity contribution in [2.45, 2.75) is 212 Å². The van der Waals surface area contributed by atoms with Gasteiger partial charge in [0.25, 0.3) is 0 Å². The van der Waals surface area contributed by atoms with Crippen molar-refractivity contribution in [3.63, 3.8) is 0 Å². The lowest BCUT2D eigenvalue weighted by atomic mass is 10.0. The molecule has 0 aromatic rings. The number of rotatable bonds is 33. The molecule has 0 aromatic carbocycles. The van der Waals surface area contributed by atoms with Gasteiger partial charge in [-0.1, -0.05) is 192 Å². The Morgan fingerprint density at radius 3 is 0.757 bits per heavy atom. The Bertz CT molecular complexity index is 401. The minimum atomic E-state index is 0.363. The van der Waals surface area contributed by atoms with Gasteiger partial charge in [-0.25, -0.2) is 0 Å². The highest BCUT2D eigenvalue weighted by atomic mass is 16.2. The molecule has 0 atom stereocenters. The first-order valence-corrected chi connectivity index (χ1v) is 17.7. The second-order valence-corrected chi connectivity index (χ2v) is 12.0. The van der Waals surface area contributed by atoms with Crippen molar-refractivity contribution in [3.8, 4) is 0 Å². The summed E-state index contributed by atoms with van der Waals surface area (Å²) < 4.78 is 0. The summed E-state index contributed by atoms with van der Waals surface area (Å²) in [4.78, 5) is 0. The molecule has 1 N–H and O–H groups in total. The summed E-state index contributed by atoms with van der Waals surface area (Å²) in [5.74, 6) is 0. The van der Waals surface area contributed by atoms with Crippen LogP contribution in [-0.2, 0) is 0 Å². The van der Waals surface area contributed by atoms with E-state index < -0.39 is 0 Å². The smallest absolute Gasteiger partial charge is 0.0431 e. The van der Waals surface area contributed by atoms with Gasteiger partial charge in [0.05, 0.1) is 0 Å². The molecular formula is C36H72O. The van der Waals surface area contributed by atoms with Crippen LogP contribution in [0.15, 0.2) is 12.2 Å². The minimum absolute atomic E-state index is 0.363. The van der Waals surface area contributed by atoms with E-state index in [1.54, 1.807) is 0 Å². The van der Waals surface area contributed by atoms with Gasteiger partial charge in [-0.2, -0.15) is 0 Å². The van der Waals surface area contributed by atoms with Crippen LogP contribution in [0.2, 0.25) is 0 Å². The lowest BCUT2D eigenvalue weighted by molar-refractivity contribution is 0.282. The monoisotopic (exact) mass is 521 g/mol. The summed E-state index contributed by atoms with van der Waals surface area (Å²) in [6.07, 6.45) is 50.1. The summed E-state index contributed by atoms with van der Waals surface area (Å²) in [5, 5.41) is 8.77. The summed E-state index contributed by atoms with van der Waals surface area (Å²) in [6, 6.07) is 0. The van der Waals surface area contributed by atoms with Crippen LogP contribution >= 0.6 is 0 Å². The molecule has 1 nitrogen and oxygen atoms in total. The zero-order valence-electron chi connectivity index (χ0n) is 25.9. The first kappa shape index (κ1) is 36.7. The van der Waals surface area contributed by atoms with Gasteiger partial charge in [0, 0.05) is 6.61 Å². The van der Waals surface area contributed by atoms with Crippen LogP contribution in [0.1, 0.15) is 212 Å². The van der Waals surface area contributed by atoms with Crippen molar-refractivity contribution in [2.75, 3.05) is 6.61 Å². The van der Waals surface area contributed by atoms with E-state index in [2.05, 4.69) is 19.1 Å². The Hall–Kier alpha value is -0.300. The minimum Gasteiger partial charge on any atom is -0.396 e. The third-order valence-corrected chi connectivity index (χ3v) is 8.17. The van der Waals surface area contributed by atoms with Gasteiger partial charge in [-0.05, 0) is 32.1 Å². The number of aliphatic hydroxyl groups is 1. The van der Waals surface area contributed by atoms with E-state index >= 15 is 0 Å². The fourth-order valence-corrected chi connectivity index (χ4v) is 5.54. The molecule has 0 heterocycles. The maximum atomic E-state index is 8.77. The van der Waals surface area contributed by atoms with E-state index in [0.717, 1.165) is 6.42 Å². The standard InChI is InChI=1S/C36H72O/c1-2-3-4-5-6-7-8-9-10-11-12-13-14-15-16-17-18-19-20-21-22-23-24-25-26-27-28-29-30-31-32-33-34-35-36-37/h27-28,37H,2-26,29-36H2,1H3. The predicted molar refractivity (Wildman–Crippen MR) is 170 cm³/mol. The number of hydrogen-bond acceptors (Lipinski definition) is 1. The van der Waals surface area contributed by atoms with Gasteiger partial charge >= 0.3 is 0 Å². The number of aliphatic hydroxyl groups excluding tert-OH is 1. The second kappa shape index (κ2) is 35.7. The summed E-state index contributed by atoms with van der Waals surface area (Å²) in [6.45, 7) is 2.67. The van der Waals surface area contributed by atoms with Crippen LogP contribution < -0.4 is 0 Å². The molecule has 0 unspecified atom stereocenters. The molecule has 0 amide bonds. The van der Waals surface area contributed by atoms with Gasteiger partial charge < -0.3 is 5.11 Å². The second-order valence-electron chi connectivity index (χ2n) is 12.0. The molecule has 0 spiro atoms. The molecule has 0 fully saturated rings. The van der Waals surface area contributed by atoms with E-state index in [4.69, 9.17) is 5.11 Å². The largest absolute Gasteiger partial charge is 0.396 e. The molecule has 37 heavy (non-hydrogen) atoms. The number of unbranched alkanes of at least 4 members (excludes halogenated alkanes) is 30. The lowest BCUT2D eigenvalue weighted by Crippen LogP contribution is -1.84. The first-order chi connectivity index (χ1) is 18.4. The molecule has 0 rings (SSSR count). The summed E-state index contributed by atoms with van der Waals surface area (Å²) >= 11 is 0. The Morgan fingerprint density at radius 1 is 0.297 bits per heavy atom. The topological polar surface area (TPSA) is 20.2 Å². The molecule has 0 aromatic heterocycles. The highest BCUT2D eigenvalue weighted by molar-refractivity contribution is 4.81. The average Bonchev–Trinajstić information content (AvgIpc) is 2.91. The van der Waals surface area contributed by atoms with Gasteiger partial charge in [-0.3, -0.25) is 0 Å². The Labute approximate surface area is 236 Å². The van der Waals surface area contributed by atoms with E-state index in [1.807, 2.05) is 0 Å². The van der Waals surface area contributed by atoms with Crippen LogP contribution in [0.25, 0.3) is 0 Å². The van der Waals surface area contributed by atoms with Gasteiger partial charge in [0.2, 0.25) is 0 Å². The molecule has 1 heteroatoms. The molecule has 0 saturated heterocycles. The van der Waals surface area contributed by atoms with Crippen LogP contribution in [0.4, 0.5) is 0 Å². The Kier molecular flexibility index (Phi) is 35.4. The van der Waals surface area contributed by atoms with Crippen LogP contribution in [0.5, 0.6) is 0 Å².